The van der Waals surface area contributed by atoms with Gasteiger partial charge in [0.2, 0.25) is 11.8 Å². The topological polar surface area (TPSA) is 79.2 Å². The average Bonchev–Trinajstić information content (AvgIpc) is 3.22. The molecule has 1 saturated heterocycles. The Bertz CT molecular complexity index is 1010. The van der Waals surface area contributed by atoms with Gasteiger partial charge in [-0.25, -0.2) is 0 Å². The first-order valence-corrected chi connectivity index (χ1v) is 9.28. The van der Waals surface area contributed by atoms with Crippen LogP contribution in [-0.4, -0.2) is 22.8 Å². The number of H-pyrrole nitrogens is 1. The number of rotatable bonds is 4. The minimum atomic E-state index is -0.545. The van der Waals surface area contributed by atoms with Crippen molar-refractivity contribution >= 4 is 40.0 Å². The molecule has 138 valence electrons. The molecule has 1 aliphatic heterocycles. The SMILES string of the molecule is CC(c1c[nH]c2ccc(Cl)cc12)C1C(C(N)=O)CC(=O)N1c1ccccc1. The zero-order valence-corrected chi connectivity index (χ0v) is 15.6. The molecule has 2 amide bonds. The summed E-state index contributed by atoms with van der Waals surface area (Å²) in [6.07, 6.45) is 2.05. The molecule has 1 aliphatic rings. The van der Waals surface area contributed by atoms with E-state index in [1.165, 1.54) is 0 Å². The number of hydrogen-bond acceptors (Lipinski definition) is 2. The van der Waals surface area contributed by atoms with Crippen molar-refractivity contribution in [1.29, 1.82) is 0 Å². The molecule has 0 spiro atoms. The molecule has 0 aliphatic carbocycles. The van der Waals surface area contributed by atoms with E-state index in [2.05, 4.69) is 4.98 Å². The summed E-state index contributed by atoms with van der Waals surface area (Å²) in [5.74, 6) is -1.19. The Morgan fingerprint density at radius 1 is 1.26 bits per heavy atom. The molecule has 0 radical (unpaired) electrons. The molecule has 0 bridgehead atoms. The molecule has 6 heteroatoms. The van der Waals surface area contributed by atoms with E-state index in [9.17, 15) is 9.59 Å². The number of nitrogens with one attached hydrogen (secondary N) is 1. The van der Waals surface area contributed by atoms with Crippen LogP contribution in [0.2, 0.25) is 5.02 Å². The number of aromatic amines is 1. The Kier molecular flexibility index (Phi) is 4.40. The van der Waals surface area contributed by atoms with E-state index >= 15 is 0 Å². The number of aromatic nitrogens is 1. The Balaban J connectivity index is 1.82. The summed E-state index contributed by atoms with van der Waals surface area (Å²) in [7, 11) is 0. The fourth-order valence-corrected chi connectivity index (χ4v) is 4.35. The van der Waals surface area contributed by atoms with Crippen LogP contribution in [0.1, 0.15) is 24.8 Å². The summed E-state index contributed by atoms with van der Waals surface area (Å²) in [5.41, 5.74) is 8.43. The zero-order chi connectivity index (χ0) is 19.1. The van der Waals surface area contributed by atoms with E-state index in [0.29, 0.717) is 5.02 Å². The maximum Gasteiger partial charge on any atom is 0.228 e. The highest BCUT2D eigenvalue weighted by molar-refractivity contribution is 6.31. The van der Waals surface area contributed by atoms with Crippen LogP contribution in [0.5, 0.6) is 0 Å². The largest absolute Gasteiger partial charge is 0.369 e. The van der Waals surface area contributed by atoms with E-state index < -0.39 is 11.8 Å². The molecular weight excluding hydrogens is 362 g/mol. The van der Waals surface area contributed by atoms with Crippen molar-refractivity contribution in [3.8, 4) is 0 Å². The van der Waals surface area contributed by atoms with E-state index in [-0.39, 0.29) is 24.3 Å². The van der Waals surface area contributed by atoms with Crippen LogP contribution >= 0.6 is 11.6 Å². The Labute approximate surface area is 162 Å². The van der Waals surface area contributed by atoms with Gasteiger partial charge in [0, 0.05) is 40.1 Å². The van der Waals surface area contributed by atoms with Crippen molar-refractivity contribution in [2.75, 3.05) is 4.90 Å². The van der Waals surface area contributed by atoms with Crippen LogP contribution in [0.4, 0.5) is 5.69 Å². The quantitative estimate of drug-likeness (QED) is 0.720. The van der Waals surface area contributed by atoms with Crippen molar-refractivity contribution in [1.82, 2.24) is 4.98 Å². The minimum Gasteiger partial charge on any atom is -0.369 e. The van der Waals surface area contributed by atoms with Crippen LogP contribution in [0.3, 0.4) is 0 Å². The van der Waals surface area contributed by atoms with Gasteiger partial charge in [0.05, 0.1) is 12.0 Å². The summed E-state index contributed by atoms with van der Waals surface area (Å²) >= 11 is 6.19. The van der Waals surface area contributed by atoms with E-state index in [1.54, 1.807) is 4.90 Å². The Morgan fingerprint density at radius 2 is 2.00 bits per heavy atom. The number of fused-ring (bicyclic) bond motifs is 1. The molecule has 3 unspecified atom stereocenters. The van der Waals surface area contributed by atoms with Crippen molar-refractivity contribution in [2.45, 2.75) is 25.3 Å². The number of benzene rings is 2. The second kappa shape index (κ2) is 6.74. The summed E-state index contributed by atoms with van der Waals surface area (Å²) in [5, 5.41) is 1.63. The number of halogens is 1. The van der Waals surface area contributed by atoms with Crippen molar-refractivity contribution in [3.63, 3.8) is 0 Å². The molecular formula is C21H20ClN3O2. The van der Waals surface area contributed by atoms with Crippen LogP contribution in [-0.2, 0) is 9.59 Å². The van der Waals surface area contributed by atoms with Gasteiger partial charge in [0.15, 0.2) is 0 Å². The standard InChI is InChI=1S/C21H20ClN3O2/c1-12(17-11-24-18-8-7-13(22)9-15(17)18)20-16(21(23)27)10-19(26)25(20)14-5-3-2-4-6-14/h2-9,11-12,16,20,24H,10H2,1H3,(H2,23,27). The lowest BCUT2D eigenvalue weighted by Crippen LogP contribution is -2.42. The highest BCUT2D eigenvalue weighted by Crippen LogP contribution is 2.41. The van der Waals surface area contributed by atoms with Crippen molar-refractivity contribution < 1.29 is 9.59 Å². The minimum absolute atomic E-state index is 0.0836. The second-order valence-corrected chi connectivity index (χ2v) is 7.46. The molecule has 2 heterocycles. The van der Waals surface area contributed by atoms with Crippen LogP contribution in [0, 0.1) is 5.92 Å². The van der Waals surface area contributed by atoms with Crippen LogP contribution in [0.25, 0.3) is 10.9 Å². The monoisotopic (exact) mass is 381 g/mol. The fraction of sp³-hybridized carbons (Fsp3) is 0.238. The lowest BCUT2D eigenvalue weighted by atomic mass is 9.84. The van der Waals surface area contributed by atoms with Gasteiger partial charge in [0.25, 0.3) is 0 Å². The summed E-state index contributed by atoms with van der Waals surface area (Å²) in [6.45, 7) is 2.03. The number of anilines is 1. The van der Waals surface area contributed by atoms with E-state index in [0.717, 1.165) is 22.2 Å². The summed E-state index contributed by atoms with van der Waals surface area (Å²) in [6, 6.07) is 14.7. The van der Waals surface area contributed by atoms with Crippen LogP contribution in [0.15, 0.2) is 54.7 Å². The number of nitrogens with zero attached hydrogens (tertiary/aromatic N) is 1. The summed E-state index contributed by atoms with van der Waals surface area (Å²) < 4.78 is 0. The molecule has 3 atom stereocenters. The maximum atomic E-state index is 12.8. The fourth-order valence-electron chi connectivity index (χ4n) is 4.17. The average molecular weight is 382 g/mol. The number of hydrogen-bond donors (Lipinski definition) is 2. The molecule has 1 aromatic heterocycles. The van der Waals surface area contributed by atoms with Gasteiger partial charge in [-0.3, -0.25) is 9.59 Å². The van der Waals surface area contributed by atoms with Gasteiger partial charge in [-0.05, 0) is 35.9 Å². The number of nitrogens with two attached hydrogens (primary N) is 1. The number of para-hydroxylation sites is 1. The lowest BCUT2D eigenvalue weighted by molar-refractivity contribution is -0.124. The first kappa shape index (κ1) is 17.6. The number of carbonyl (C=O) groups is 2. The van der Waals surface area contributed by atoms with Gasteiger partial charge in [-0.15, -0.1) is 0 Å². The zero-order valence-electron chi connectivity index (χ0n) is 14.9. The maximum absolute atomic E-state index is 12.8. The van der Waals surface area contributed by atoms with Crippen molar-refractivity contribution in [3.05, 3.63) is 65.3 Å². The van der Waals surface area contributed by atoms with Gasteiger partial charge < -0.3 is 15.6 Å². The lowest BCUT2D eigenvalue weighted by Gasteiger charge is -2.32. The molecule has 2 aromatic carbocycles. The number of amides is 2. The van der Waals surface area contributed by atoms with Gasteiger partial charge in [-0.2, -0.15) is 0 Å². The summed E-state index contributed by atoms with van der Waals surface area (Å²) in [4.78, 5) is 29.9. The normalized spacial score (nSPS) is 21.0. The van der Waals surface area contributed by atoms with Gasteiger partial charge >= 0.3 is 0 Å². The molecule has 27 heavy (non-hydrogen) atoms. The third-order valence-corrected chi connectivity index (χ3v) is 5.69. The molecule has 4 rings (SSSR count). The predicted molar refractivity (Wildman–Crippen MR) is 107 cm³/mol. The van der Waals surface area contributed by atoms with E-state index in [1.807, 2.05) is 61.7 Å². The first-order chi connectivity index (χ1) is 13.0. The predicted octanol–water partition coefficient (Wildman–Crippen LogP) is 3.83. The first-order valence-electron chi connectivity index (χ1n) is 8.90. The number of carbonyl (C=O) groups excluding carboxylic acids is 2. The third-order valence-electron chi connectivity index (χ3n) is 5.45. The Morgan fingerprint density at radius 3 is 2.70 bits per heavy atom. The molecule has 3 N–H and O–H groups in total. The molecule has 1 fully saturated rings. The Hall–Kier alpha value is -2.79. The third kappa shape index (κ3) is 2.98. The number of primary amides is 1. The smallest absolute Gasteiger partial charge is 0.228 e. The van der Waals surface area contributed by atoms with Gasteiger partial charge in [0.1, 0.15) is 0 Å². The van der Waals surface area contributed by atoms with E-state index in [4.69, 9.17) is 17.3 Å². The van der Waals surface area contributed by atoms with Crippen LogP contribution < -0.4 is 10.6 Å². The van der Waals surface area contributed by atoms with Gasteiger partial charge in [-0.1, -0.05) is 36.7 Å². The van der Waals surface area contributed by atoms with Crippen molar-refractivity contribution in [2.24, 2.45) is 11.7 Å². The molecule has 5 nitrogen and oxygen atoms in total. The second-order valence-electron chi connectivity index (χ2n) is 7.03. The molecule has 0 saturated carbocycles. The highest BCUT2D eigenvalue weighted by atomic mass is 35.5. The highest BCUT2D eigenvalue weighted by Gasteiger charge is 2.46. The molecule has 3 aromatic rings.